The molecule has 0 fully saturated rings. The number of amides is 1. The van der Waals surface area contributed by atoms with E-state index in [1.165, 1.54) is 5.56 Å². The van der Waals surface area contributed by atoms with E-state index in [0.29, 0.717) is 23.8 Å². The van der Waals surface area contributed by atoms with E-state index in [4.69, 9.17) is 9.47 Å². The average Bonchev–Trinajstić information content (AvgIpc) is 2.78. The third-order valence-corrected chi connectivity index (χ3v) is 4.43. The first kappa shape index (κ1) is 20.7. The SMILES string of the molecule is COc1ccc(NC(=O)/C(C#N)=C\c2ccc(OCc3ccc(C)cc3)cc2)cc1. The first-order valence-corrected chi connectivity index (χ1v) is 9.43. The monoisotopic (exact) mass is 398 g/mol. The van der Waals surface area contributed by atoms with Crippen LogP contribution in [0.5, 0.6) is 11.5 Å². The summed E-state index contributed by atoms with van der Waals surface area (Å²) in [4.78, 5) is 12.4. The van der Waals surface area contributed by atoms with E-state index in [-0.39, 0.29) is 5.57 Å². The van der Waals surface area contributed by atoms with Gasteiger partial charge in [0.25, 0.3) is 5.91 Å². The minimum absolute atomic E-state index is 0.0131. The lowest BCUT2D eigenvalue weighted by molar-refractivity contribution is -0.112. The summed E-state index contributed by atoms with van der Waals surface area (Å²) in [5, 5.41) is 12.1. The van der Waals surface area contributed by atoms with Crippen molar-refractivity contribution in [3.63, 3.8) is 0 Å². The van der Waals surface area contributed by atoms with Crippen molar-refractivity contribution in [1.82, 2.24) is 0 Å². The van der Waals surface area contributed by atoms with Gasteiger partial charge in [-0.3, -0.25) is 4.79 Å². The lowest BCUT2D eigenvalue weighted by Crippen LogP contribution is -2.13. The van der Waals surface area contributed by atoms with Gasteiger partial charge in [-0.1, -0.05) is 42.0 Å². The molecule has 0 heterocycles. The summed E-state index contributed by atoms with van der Waals surface area (Å²) < 4.78 is 10.9. The number of nitrogens with zero attached hydrogens (tertiary/aromatic N) is 1. The quantitative estimate of drug-likeness (QED) is 0.442. The maximum atomic E-state index is 12.4. The highest BCUT2D eigenvalue weighted by Gasteiger charge is 2.10. The number of nitriles is 1. The fourth-order valence-electron chi connectivity index (χ4n) is 2.70. The van der Waals surface area contributed by atoms with Crippen LogP contribution in [0.25, 0.3) is 6.08 Å². The molecule has 0 aliphatic heterocycles. The van der Waals surface area contributed by atoms with Crippen molar-refractivity contribution < 1.29 is 14.3 Å². The molecule has 3 rings (SSSR count). The molecule has 1 N–H and O–H groups in total. The Kier molecular flexibility index (Phi) is 6.86. The molecule has 0 saturated heterocycles. The number of rotatable bonds is 7. The van der Waals surface area contributed by atoms with Gasteiger partial charge >= 0.3 is 0 Å². The van der Waals surface area contributed by atoms with Crippen LogP contribution >= 0.6 is 0 Å². The summed E-state index contributed by atoms with van der Waals surface area (Å²) in [6.45, 7) is 2.52. The third-order valence-electron chi connectivity index (χ3n) is 4.43. The Labute approximate surface area is 176 Å². The van der Waals surface area contributed by atoms with Gasteiger partial charge in [-0.05, 0) is 60.5 Å². The van der Waals surface area contributed by atoms with E-state index in [1.807, 2.05) is 61.5 Å². The topological polar surface area (TPSA) is 71.3 Å². The molecule has 5 nitrogen and oxygen atoms in total. The lowest BCUT2D eigenvalue weighted by atomic mass is 10.1. The van der Waals surface area contributed by atoms with Crippen molar-refractivity contribution >= 4 is 17.7 Å². The Morgan fingerprint density at radius 3 is 2.20 bits per heavy atom. The molecular weight excluding hydrogens is 376 g/mol. The Morgan fingerprint density at radius 1 is 0.967 bits per heavy atom. The van der Waals surface area contributed by atoms with E-state index in [9.17, 15) is 10.1 Å². The van der Waals surface area contributed by atoms with Crippen LogP contribution < -0.4 is 14.8 Å². The van der Waals surface area contributed by atoms with Gasteiger partial charge in [0.15, 0.2) is 0 Å². The number of ether oxygens (including phenoxy) is 2. The van der Waals surface area contributed by atoms with E-state index >= 15 is 0 Å². The van der Waals surface area contributed by atoms with Gasteiger partial charge in [0.05, 0.1) is 7.11 Å². The predicted molar refractivity (Wildman–Crippen MR) is 117 cm³/mol. The van der Waals surface area contributed by atoms with Gasteiger partial charge in [-0.2, -0.15) is 5.26 Å². The molecule has 0 aliphatic carbocycles. The van der Waals surface area contributed by atoms with E-state index in [2.05, 4.69) is 5.32 Å². The Bertz CT molecular complexity index is 1060. The number of nitrogens with one attached hydrogen (secondary N) is 1. The maximum absolute atomic E-state index is 12.4. The number of methoxy groups -OCH3 is 1. The number of anilines is 1. The molecule has 0 atom stereocenters. The summed E-state index contributed by atoms with van der Waals surface area (Å²) >= 11 is 0. The smallest absolute Gasteiger partial charge is 0.266 e. The molecule has 150 valence electrons. The molecule has 0 unspecified atom stereocenters. The van der Waals surface area contributed by atoms with Crippen molar-refractivity contribution in [1.29, 1.82) is 5.26 Å². The second kappa shape index (κ2) is 9.94. The average molecular weight is 398 g/mol. The molecule has 1 amide bonds. The first-order valence-electron chi connectivity index (χ1n) is 9.43. The summed E-state index contributed by atoms with van der Waals surface area (Å²) in [7, 11) is 1.57. The molecule has 0 spiro atoms. The Morgan fingerprint density at radius 2 is 1.60 bits per heavy atom. The number of hydrogen-bond donors (Lipinski definition) is 1. The summed E-state index contributed by atoms with van der Waals surface area (Å²) in [5.41, 5.74) is 3.63. The van der Waals surface area contributed by atoms with Crippen LogP contribution in [0.3, 0.4) is 0 Å². The van der Waals surface area contributed by atoms with Crippen molar-refractivity contribution in [3.05, 3.63) is 95.1 Å². The molecule has 3 aromatic carbocycles. The molecule has 0 aromatic heterocycles. The number of carbonyl (C=O) groups excluding carboxylic acids is 1. The van der Waals surface area contributed by atoms with Gasteiger partial charge < -0.3 is 14.8 Å². The van der Waals surface area contributed by atoms with Crippen LogP contribution in [0.4, 0.5) is 5.69 Å². The predicted octanol–water partition coefficient (Wildman–Crippen LogP) is 5.13. The van der Waals surface area contributed by atoms with Crippen LogP contribution in [-0.2, 0) is 11.4 Å². The second-order valence-corrected chi connectivity index (χ2v) is 6.70. The van der Waals surface area contributed by atoms with E-state index in [1.54, 1.807) is 37.5 Å². The number of carbonyl (C=O) groups is 1. The minimum Gasteiger partial charge on any atom is -0.497 e. The third kappa shape index (κ3) is 5.73. The summed E-state index contributed by atoms with van der Waals surface area (Å²) in [5.74, 6) is 0.935. The first-order chi connectivity index (χ1) is 14.6. The van der Waals surface area contributed by atoms with Crippen LogP contribution in [0.15, 0.2) is 78.4 Å². The minimum atomic E-state index is -0.470. The highest BCUT2D eigenvalue weighted by atomic mass is 16.5. The summed E-state index contributed by atoms with van der Waals surface area (Å²) in [6.07, 6.45) is 1.54. The van der Waals surface area contributed by atoms with Crippen LogP contribution in [-0.4, -0.2) is 13.0 Å². The molecular formula is C25H22N2O3. The van der Waals surface area contributed by atoms with Gasteiger partial charge in [-0.15, -0.1) is 0 Å². The highest BCUT2D eigenvalue weighted by Crippen LogP contribution is 2.18. The number of benzene rings is 3. The van der Waals surface area contributed by atoms with Crippen molar-refractivity contribution in [2.24, 2.45) is 0 Å². The zero-order valence-electron chi connectivity index (χ0n) is 16.9. The summed E-state index contributed by atoms with van der Waals surface area (Å²) in [6, 6.07) is 24.3. The number of aryl methyl sites for hydroxylation is 1. The van der Waals surface area contributed by atoms with Gasteiger partial charge in [0.2, 0.25) is 0 Å². The van der Waals surface area contributed by atoms with Gasteiger partial charge in [0, 0.05) is 5.69 Å². The normalized spacial score (nSPS) is 10.8. The molecule has 30 heavy (non-hydrogen) atoms. The van der Waals surface area contributed by atoms with Gasteiger partial charge in [0.1, 0.15) is 29.7 Å². The fourth-order valence-corrected chi connectivity index (χ4v) is 2.70. The molecule has 0 aliphatic rings. The molecule has 0 saturated carbocycles. The Hall–Kier alpha value is -4.04. The van der Waals surface area contributed by atoms with Crippen LogP contribution in [0.1, 0.15) is 16.7 Å². The highest BCUT2D eigenvalue weighted by molar-refractivity contribution is 6.09. The van der Waals surface area contributed by atoms with E-state index in [0.717, 1.165) is 11.1 Å². The molecule has 3 aromatic rings. The van der Waals surface area contributed by atoms with E-state index < -0.39 is 5.91 Å². The second-order valence-electron chi connectivity index (χ2n) is 6.70. The van der Waals surface area contributed by atoms with Crippen molar-refractivity contribution in [2.45, 2.75) is 13.5 Å². The lowest BCUT2D eigenvalue weighted by Gasteiger charge is -2.07. The molecule has 0 radical (unpaired) electrons. The Balaban J connectivity index is 1.62. The number of hydrogen-bond acceptors (Lipinski definition) is 4. The maximum Gasteiger partial charge on any atom is 0.266 e. The standard InChI is InChI=1S/C25H22N2O3/c1-18-3-5-20(6-4-18)17-30-24-11-7-19(8-12-24)15-21(16-26)25(28)27-22-9-13-23(29-2)14-10-22/h3-15H,17H2,1-2H3,(H,27,28)/b21-15-. The molecule has 0 bridgehead atoms. The zero-order chi connectivity index (χ0) is 21.3. The van der Waals surface area contributed by atoms with Gasteiger partial charge in [-0.25, -0.2) is 0 Å². The molecule has 5 heteroatoms. The zero-order valence-corrected chi connectivity index (χ0v) is 16.9. The largest absolute Gasteiger partial charge is 0.497 e. The van der Waals surface area contributed by atoms with Crippen molar-refractivity contribution in [2.75, 3.05) is 12.4 Å². The van der Waals surface area contributed by atoms with Crippen LogP contribution in [0.2, 0.25) is 0 Å². The van der Waals surface area contributed by atoms with Crippen LogP contribution in [0, 0.1) is 18.3 Å². The fraction of sp³-hybridized carbons (Fsp3) is 0.120. The van der Waals surface area contributed by atoms with Crippen molar-refractivity contribution in [3.8, 4) is 17.6 Å².